The zero-order valence-corrected chi connectivity index (χ0v) is 67.5. The van der Waals surface area contributed by atoms with Gasteiger partial charge in [-0.25, -0.2) is 22.8 Å². The molecular weight excluding hydrogens is 1520 g/mol. The number of carboxylic acid groups (broad SMARTS) is 3. The van der Waals surface area contributed by atoms with Crippen LogP contribution in [0.4, 0.5) is 8.78 Å². The Labute approximate surface area is 683 Å². The number of hydrogen-bond donors (Lipinski definition) is 7. The lowest BCUT2D eigenvalue weighted by atomic mass is 10.0. The van der Waals surface area contributed by atoms with Gasteiger partial charge in [-0.15, -0.1) is 0 Å². The second kappa shape index (κ2) is 42.6. The van der Waals surface area contributed by atoms with Gasteiger partial charge in [-0.3, -0.25) is 33.6 Å². The van der Waals surface area contributed by atoms with Gasteiger partial charge in [0.2, 0.25) is 5.91 Å². The minimum Gasteiger partial charge on any atom is -0.496 e. The third kappa shape index (κ3) is 24.9. The number of aliphatic carboxylic acids is 3. The number of nitrogens with one attached hydrogen (secondary N) is 4. The van der Waals surface area contributed by atoms with Crippen molar-refractivity contribution in [2.75, 3.05) is 35.0 Å². The van der Waals surface area contributed by atoms with Gasteiger partial charge in [0.1, 0.15) is 65.9 Å². The maximum Gasteiger partial charge on any atom is 0.322 e. The van der Waals surface area contributed by atoms with Gasteiger partial charge >= 0.3 is 17.9 Å². The maximum atomic E-state index is 14.1. The van der Waals surface area contributed by atoms with E-state index in [4.69, 9.17) is 33.5 Å². The molecule has 0 saturated carbocycles. The van der Waals surface area contributed by atoms with E-state index in [0.29, 0.717) is 112 Å². The minimum absolute atomic E-state index is 0.0249. The number of aromatic nitrogens is 6. The first-order chi connectivity index (χ1) is 56.6. The van der Waals surface area contributed by atoms with E-state index in [1.165, 1.54) is 67.1 Å². The largest absolute Gasteiger partial charge is 0.496 e. The van der Waals surface area contributed by atoms with Gasteiger partial charge < -0.3 is 65.0 Å². The summed E-state index contributed by atoms with van der Waals surface area (Å²) in [6.07, 6.45) is 1.03. The molecule has 7 N–H and O–H groups in total. The molecular formula is C90H98F2N10O16. The number of hydrogen-bond acceptors (Lipinski definition) is 16. The van der Waals surface area contributed by atoms with Gasteiger partial charge in [0, 0.05) is 24.5 Å². The molecule has 0 fully saturated rings. The van der Waals surface area contributed by atoms with Crippen molar-refractivity contribution in [3.8, 4) is 85.3 Å². The van der Waals surface area contributed by atoms with E-state index in [1.54, 1.807) is 78.5 Å². The van der Waals surface area contributed by atoms with Crippen molar-refractivity contribution in [2.24, 2.45) is 17.8 Å². The molecule has 3 aromatic heterocycles. The van der Waals surface area contributed by atoms with E-state index >= 15 is 0 Å². The molecule has 3 atom stereocenters. The van der Waals surface area contributed by atoms with Crippen LogP contribution in [0.5, 0.6) is 34.5 Å². The summed E-state index contributed by atoms with van der Waals surface area (Å²) in [5.41, 5.74) is 8.20. The quantitative estimate of drug-likeness (QED) is 0.0192. The van der Waals surface area contributed by atoms with Crippen molar-refractivity contribution in [1.82, 2.24) is 50.6 Å². The number of carbonyl (C=O) groups is 7. The predicted octanol–water partition coefficient (Wildman–Crippen LogP) is 15.4. The van der Waals surface area contributed by atoms with E-state index in [0.717, 1.165) is 22.4 Å². The van der Waals surface area contributed by atoms with Crippen molar-refractivity contribution in [3.63, 3.8) is 0 Å². The minimum atomic E-state index is -1.16. The molecule has 11 rings (SSSR count). The average Bonchev–Trinajstić information content (AvgIpc) is 1.60. The number of nitrogens with zero attached hydrogens (tertiary/aromatic N) is 6. The second-order valence-electron chi connectivity index (χ2n) is 29.0. The number of aryl methyl sites for hydroxylation is 1. The molecule has 0 aliphatic rings. The fourth-order valence-corrected chi connectivity index (χ4v) is 13.1. The lowest BCUT2D eigenvalue weighted by Gasteiger charge is -2.19. The van der Waals surface area contributed by atoms with Crippen LogP contribution in [0.2, 0.25) is 0 Å². The molecule has 0 bridgehead atoms. The highest BCUT2D eigenvalue weighted by Crippen LogP contribution is 2.43. The van der Waals surface area contributed by atoms with Crippen LogP contribution in [0, 0.1) is 36.3 Å². The van der Waals surface area contributed by atoms with Crippen LogP contribution in [0.25, 0.3) is 50.8 Å². The van der Waals surface area contributed by atoms with E-state index in [2.05, 4.69) is 36.6 Å². The fourth-order valence-electron chi connectivity index (χ4n) is 13.1. The summed E-state index contributed by atoms with van der Waals surface area (Å²) in [4.78, 5) is 86.0. The fraction of sp³-hybridized carbons (Fsp3) is 0.289. The average molecular weight is 1610 g/mol. The third-order valence-electron chi connectivity index (χ3n) is 18.3. The summed E-state index contributed by atoms with van der Waals surface area (Å²) in [6, 6.07) is 58.1. The van der Waals surface area contributed by atoms with Gasteiger partial charge in [0.15, 0.2) is 17.1 Å². The monoisotopic (exact) mass is 1610 g/mol. The highest BCUT2D eigenvalue weighted by atomic mass is 19.1. The number of amides is 4. The topological polar surface area (TPSA) is 337 Å². The number of rotatable bonds is 36. The van der Waals surface area contributed by atoms with Crippen molar-refractivity contribution in [2.45, 2.75) is 118 Å². The zero-order chi connectivity index (χ0) is 85.1. The van der Waals surface area contributed by atoms with Gasteiger partial charge in [0.25, 0.3) is 17.7 Å². The van der Waals surface area contributed by atoms with Crippen LogP contribution in [0.1, 0.15) is 128 Å². The molecule has 0 aliphatic carbocycles. The number of benzene rings is 8. The Hall–Kier alpha value is -13.7. The molecule has 0 saturated heterocycles. The van der Waals surface area contributed by atoms with Crippen LogP contribution in [-0.2, 0) is 32.4 Å². The molecule has 118 heavy (non-hydrogen) atoms. The van der Waals surface area contributed by atoms with Gasteiger partial charge in [-0.1, -0.05) is 144 Å². The van der Waals surface area contributed by atoms with Gasteiger partial charge in [-0.2, -0.15) is 15.3 Å². The Morgan fingerprint density at radius 2 is 0.720 bits per heavy atom. The second-order valence-corrected chi connectivity index (χ2v) is 29.0. The summed E-state index contributed by atoms with van der Waals surface area (Å²) in [5.74, 6) is -2.45. The van der Waals surface area contributed by atoms with Crippen LogP contribution >= 0.6 is 0 Å². The highest BCUT2D eigenvalue weighted by Gasteiger charge is 2.30. The smallest absolute Gasteiger partial charge is 0.322 e. The van der Waals surface area contributed by atoms with Crippen molar-refractivity contribution in [1.29, 1.82) is 0 Å². The molecule has 0 spiro atoms. The van der Waals surface area contributed by atoms with E-state index in [9.17, 15) is 52.6 Å². The Balaban J connectivity index is 0.000000202. The first-order valence-corrected chi connectivity index (χ1v) is 38.3. The van der Waals surface area contributed by atoms with Gasteiger partial charge in [-0.05, 0) is 164 Å². The number of carboxylic acids is 3. The molecule has 8 aromatic carbocycles. The molecule has 0 radical (unpaired) electrons. The summed E-state index contributed by atoms with van der Waals surface area (Å²) >= 11 is 0. The number of ether oxygens (including phenoxy) is 6. The van der Waals surface area contributed by atoms with Crippen LogP contribution in [0.3, 0.4) is 0 Å². The Morgan fingerprint density at radius 1 is 0.381 bits per heavy atom. The summed E-state index contributed by atoms with van der Waals surface area (Å²) in [7, 11) is 6.12. The summed E-state index contributed by atoms with van der Waals surface area (Å²) in [5, 5.41) is 52.1. The molecule has 28 heteroatoms. The lowest BCUT2D eigenvalue weighted by Crippen LogP contribution is -2.41. The molecule has 4 amide bonds. The normalized spacial score (nSPS) is 11.7. The van der Waals surface area contributed by atoms with Crippen LogP contribution in [-0.4, -0.2) is 139 Å². The first-order valence-electron chi connectivity index (χ1n) is 38.3. The lowest BCUT2D eigenvalue weighted by molar-refractivity contribution is -0.138. The van der Waals surface area contributed by atoms with Crippen LogP contribution < -0.4 is 49.7 Å². The van der Waals surface area contributed by atoms with Crippen molar-refractivity contribution in [3.05, 3.63) is 252 Å². The molecule has 0 unspecified atom stereocenters. The van der Waals surface area contributed by atoms with E-state index < -0.39 is 77.8 Å². The molecule has 0 aliphatic heterocycles. The SMILES string of the molecule is COc1cccc(OC)c1-c1cc(C(=O)N[C@H](CC(=O)NCC(=O)O)CC(C)C)nn1-c1cccc(F)c1.COc1cccc(OCc2ccccc2)c1-c1cc(C(=O)N[C@H](CC(=O)O)CC(C)C)nn1-c1ccc(C)cc1.COc1cccc(OCc2ccccc2)c1-c1cc(C(=O)N[C@H](CC(=O)O)CC(C)C)nn1-c1ccc(F)cc1. The number of carbonyl (C=O) groups excluding carboxylic acids is 4. The summed E-state index contributed by atoms with van der Waals surface area (Å²) in [6.45, 7) is 13.9. The van der Waals surface area contributed by atoms with E-state index in [1.807, 2.05) is 152 Å². The van der Waals surface area contributed by atoms with Gasteiger partial charge in [0.05, 0.1) is 92.1 Å². The Bertz CT molecular complexity index is 4980. The molecule has 11 aromatic rings. The molecule has 3 heterocycles. The van der Waals surface area contributed by atoms with E-state index in [-0.39, 0.29) is 54.1 Å². The zero-order valence-electron chi connectivity index (χ0n) is 67.5. The van der Waals surface area contributed by atoms with Crippen molar-refractivity contribution >= 4 is 41.5 Å². The summed E-state index contributed by atoms with van der Waals surface area (Å²) < 4.78 is 67.5. The number of methoxy groups -OCH3 is 4. The number of halogens is 2. The maximum absolute atomic E-state index is 14.1. The Morgan fingerprint density at radius 3 is 1.07 bits per heavy atom. The van der Waals surface area contributed by atoms with Crippen molar-refractivity contribution < 1.29 is 86.1 Å². The highest BCUT2D eigenvalue weighted by molar-refractivity contribution is 5.97. The molecule has 26 nitrogen and oxygen atoms in total. The molecule has 618 valence electrons. The standard InChI is InChI=1S/C32H35N3O5.C31H32FN3O5.C27H31FN4O6/c1-21(2)17-24(18-30(36)37)33-32(38)26-19-27(35(34-26)25-15-13-22(3)14-16-25)31-28(39-4)11-8-12-29(31)40-20-23-9-6-5-7-10-23;1-20(2)16-23(17-29(36)37)33-31(38)25-18-26(35(34-25)24-14-12-22(32)13-15-24)30-27(39-3)10-7-11-28(30)40-19-21-8-5-4-6-9-21;1-16(2)11-18(13-24(33)29-15-25(34)35)30-27(36)20-14-21(26-22(37-3)9-6-10-23(26)38-4)32(31-20)19-8-5-7-17(28)12-19/h5-16,19,21,24H,17-18,20H2,1-4H3,(H,33,38)(H,36,37);4-15,18,20,23H,16-17,19H2,1-3H3,(H,33,38)(H,36,37);5-10,12,14,16,18H,11,13,15H2,1-4H3,(H,29,33)(H,30,36)(H,34,35)/t24-;23-;18-/m000/s1. The third-order valence-corrected chi connectivity index (χ3v) is 18.3. The van der Waals surface area contributed by atoms with Crippen LogP contribution in [0.15, 0.2) is 206 Å². The first kappa shape index (κ1) is 88.3. The Kier molecular flexibility index (Phi) is 31.9. The predicted molar refractivity (Wildman–Crippen MR) is 441 cm³/mol.